The molecule has 0 amide bonds. The molecule has 1 aromatic carbocycles. The van der Waals surface area contributed by atoms with Gasteiger partial charge in [0.15, 0.2) is 0 Å². The highest BCUT2D eigenvalue weighted by Gasteiger charge is 2.32. The Labute approximate surface area is 129 Å². The Balaban J connectivity index is 1.95. The van der Waals surface area contributed by atoms with Gasteiger partial charge >= 0.3 is 6.18 Å². The lowest BCUT2D eigenvalue weighted by Gasteiger charge is -2.36. The second-order valence-electron chi connectivity index (χ2n) is 4.79. The molecule has 0 unspecified atom stereocenters. The molecule has 1 aromatic rings. The summed E-state index contributed by atoms with van der Waals surface area (Å²) in [4.78, 5) is 3.54. The molecule has 2 rings (SSSR count). The summed E-state index contributed by atoms with van der Waals surface area (Å²) in [5.41, 5.74) is 2.02. The minimum Gasteiger partial charge on any atom is -0.369 e. The van der Waals surface area contributed by atoms with Crippen molar-refractivity contribution in [3.63, 3.8) is 0 Å². The van der Waals surface area contributed by atoms with Crippen molar-refractivity contribution in [2.45, 2.75) is 12.1 Å². The van der Waals surface area contributed by atoms with Crippen molar-refractivity contribution in [3.8, 4) is 0 Å². The molecule has 0 bridgehead atoms. The quantitative estimate of drug-likeness (QED) is 0.744. The Morgan fingerprint density at radius 1 is 1.15 bits per heavy atom. The predicted molar refractivity (Wildman–Crippen MR) is 78.4 cm³/mol. The van der Waals surface area contributed by atoms with E-state index in [-0.39, 0.29) is 0 Å². The molecule has 0 atom stereocenters. The van der Waals surface area contributed by atoms with Gasteiger partial charge in [0.05, 0.1) is 6.54 Å². The number of halogens is 5. The van der Waals surface area contributed by atoms with Gasteiger partial charge in [0, 0.05) is 42.2 Å². The lowest BCUT2D eigenvalue weighted by Crippen LogP contribution is -2.49. The minimum absolute atomic E-state index is 0.425. The predicted octanol–water partition coefficient (Wildman–Crippen LogP) is 3.87. The van der Waals surface area contributed by atoms with Crippen molar-refractivity contribution >= 4 is 33.2 Å². The third kappa shape index (κ3) is 4.27. The van der Waals surface area contributed by atoms with Gasteiger partial charge in [-0.1, -0.05) is 22.0 Å². The molecule has 0 spiro atoms. The Morgan fingerprint density at radius 3 is 2.30 bits per heavy atom. The number of rotatable bonds is 3. The molecule has 20 heavy (non-hydrogen) atoms. The van der Waals surface area contributed by atoms with Crippen LogP contribution in [0.15, 0.2) is 22.7 Å². The van der Waals surface area contributed by atoms with Gasteiger partial charge in [-0.15, -0.1) is 11.6 Å². The Bertz CT molecular complexity index is 459. The molecule has 0 radical (unpaired) electrons. The van der Waals surface area contributed by atoms with Crippen LogP contribution in [0.4, 0.5) is 18.9 Å². The Kier molecular flexibility index (Phi) is 5.20. The van der Waals surface area contributed by atoms with Crippen LogP contribution in [0.2, 0.25) is 0 Å². The Hall–Kier alpha value is -0.460. The van der Waals surface area contributed by atoms with Crippen LogP contribution >= 0.6 is 27.5 Å². The average molecular weight is 372 g/mol. The number of alkyl halides is 4. The zero-order valence-electron chi connectivity index (χ0n) is 10.8. The van der Waals surface area contributed by atoms with Crippen molar-refractivity contribution in [3.05, 3.63) is 28.2 Å². The van der Waals surface area contributed by atoms with Crippen molar-refractivity contribution in [2.24, 2.45) is 0 Å². The fourth-order valence-electron chi connectivity index (χ4n) is 2.26. The zero-order chi connectivity index (χ0) is 14.8. The van der Waals surface area contributed by atoms with E-state index >= 15 is 0 Å². The van der Waals surface area contributed by atoms with Crippen molar-refractivity contribution < 1.29 is 13.2 Å². The number of hydrogen-bond acceptors (Lipinski definition) is 2. The largest absolute Gasteiger partial charge is 0.401 e. The summed E-state index contributed by atoms with van der Waals surface area (Å²) in [6.45, 7) is 1.23. The second kappa shape index (κ2) is 6.54. The Morgan fingerprint density at radius 2 is 1.80 bits per heavy atom. The first kappa shape index (κ1) is 15.9. The molecule has 0 aliphatic carbocycles. The topological polar surface area (TPSA) is 6.48 Å². The van der Waals surface area contributed by atoms with E-state index in [1.807, 2.05) is 18.2 Å². The van der Waals surface area contributed by atoms with Crippen LogP contribution < -0.4 is 4.90 Å². The minimum atomic E-state index is -4.12. The normalized spacial score (nSPS) is 17.6. The van der Waals surface area contributed by atoms with Crippen LogP contribution in [-0.4, -0.2) is 43.8 Å². The van der Waals surface area contributed by atoms with E-state index in [2.05, 4.69) is 20.8 Å². The van der Waals surface area contributed by atoms with Crippen LogP contribution in [-0.2, 0) is 5.88 Å². The lowest BCUT2D eigenvalue weighted by atomic mass is 10.2. The number of benzene rings is 1. The fraction of sp³-hybridized carbons (Fsp3) is 0.538. The molecule has 7 heteroatoms. The maximum absolute atomic E-state index is 12.3. The summed E-state index contributed by atoms with van der Waals surface area (Å²) in [6, 6.07) is 5.87. The standard InChI is InChI=1S/C13H15BrClF3N2/c14-12-7-11(2-1-10(12)8-15)20-5-3-19(4-6-20)9-13(16,17)18/h1-2,7H,3-6,8-9H2. The fourth-order valence-corrected chi connectivity index (χ4v) is 3.16. The van der Waals surface area contributed by atoms with E-state index in [9.17, 15) is 13.2 Å². The van der Waals surface area contributed by atoms with Crippen LogP contribution in [0.25, 0.3) is 0 Å². The first-order valence-corrected chi connectivity index (χ1v) is 7.60. The van der Waals surface area contributed by atoms with E-state index in [4.69, 9.17) is 11.6 Å². The highest BCUT2D eigenvalue weighted by Crippen LogP contribution is 2.26. The molecule has 112 valence electrons. The highest BCUT2D eigenvalue weighted by atomic mass is 79.9. The van der Waals surface area contributed by atoms with Gasteiger partial charge < -0.3 is 4.90 Å². The molecule has 0 N–H and O–H groups in total. The maximum Gasteiger partial charge on any atom is 0.401 e. The summed E-state index contributed by atoms with van der Waals surface area (Å²) in [7, 11) is 0. The molecule has 1 aliphatic heterocycles. The van der Waals surface area contributed by atoms with Crippen LogP contribution in [0, 0.1) is 0 Å². The average Bonchev–Trinajstić information content (AvgIpc) is 2.37. The monoisotopic (exact) mass is 370 g/mol. The molecule has 1 saturated heterocycles. The van der Waals surface area contributed by atoms with Gasteiger partial charge in [0.25, 0.3) is 0 Å². The van der Waals surface area contributed by atoms with Gasteiger partial charge in [-0.25, -0.2) is 0 Å². The summed E-state index contributed by atoms with van der Waals surface area (Å²) in [5, 5.41) is 0. The maximum atomic E-state index is 12.3. The lowest BCUT2D eigenvalue weighted by molar-refractivity contribution is -0.146. The molecule has 2 nitrogen and oxygen atoms in total. The summed E-state index contributed by atoms with van der Waals surface area (Å²) in [6.07, 6.45) is -4.12. The molecule has 0 aromatic heterocycles. The number of nitrogens with zero attached hydrogens (tertiary/aromatic N) is 2. The first-order valence-electron chi connectivity index (χ1n) is 6.27. The van der Waals surface area contributed by atoms with E-state index in [1.165, 1.54) is 4.90 Å². The highest BCUT2D eigenvalue weighted by molar-refractivity contribution is 9.10. The van der Waals surface area contributed by atoms with E-state index in [1.54, 1.807) is 0 Å². The van der Waals surface area contributed by atoms with Gasteiger partial charge in [0.2, 0.25) is 0 Å². The smallest absolute Gasteiger partial charge is 0.369 e. The number of hydrogen-bond donors (Lipinski definition) is 0. The second-order valence-corrected chi connectivity index (χ2v) is 5.91. The molecule has 0 saturated carbocycles. The van der Waals surface area contributed by atoms with Crippen molar-refractivity contribution in [1.29, 1.82) is 0 Å². The molecular formula is C13H15BrClF3N2. The van der Waals surface area contributed by atoms with Gasteiger partial charge in [0.1, 0.15) is 0 Å². The number of anilines is 1. The third-order valence-corrected chi connectivity index (χ3v) is 4.35. The van der Waals surface area contributed by atoms with E-state index < -0.39 is 12.7 Å². The number of piperazine rings is 1. The summed E-state index contributed by atoms with van der Waals surface area (Å²) >= 11 is 9.25. The summed E-state index contributed by atoms with van der Waals surface area (Å²) < 4.78 is 37.9. The molecule has 1 heterocycles. The SMILES string of the molecule is FC(F)(F)CN1CCN(c2ccc(CCl)c(Br)c2)CC1. The first-order chi connectivity index (χ1) is 9.39. The van der Waals surface area contributed by atoms with E-state index in [0.717, 1.165) is 15.7 Å². The third-order valence-electron chi connectivity index (χ3n) is 3.32. The summed E-state index contributed by atoms with van der Waals surface area (Å²) in [5.74, 6) is 0.431. The van der Waals surface area contributed by atoms with Gasteiger partial charge in [-0.3, -0.25) is 4.90 Å². The van der Waals surface area contributed by atoms with Crippen molar-refractivity contribution in [1.82, 2.24) is 4.90 Å². The molecular weight excluding hydrogens is 357 g/mol. The van der Waals surface area contributed by atoms with Crippen LogP contribution in [0.3, 0.4) is 0 Å². The molecule has 1 fully saturated rings. The van der Waals surface area contributed by atoms with Crippen LogP contribution in [0.1, 0.15) is 5.56 Å². The van der Waals surface area contributed by atoms with E-state index in [0.29, 0.717) is 32.1 Å². The van der Waals surface area contributed by atoms with Gasteiger partial charge in [-0.2, -0.15) is 13.2 Å². The zero-order valence-corrected chi connectivity index (χ0v) is 13.1. The van der Waals surface area contributed by atoms with Crippen molar-refractivity contribution in [2.75, 3.05) is 37.6 Å². The molecule has 1 aliphatic rings. The van der Waals surface area contributed by atoms with Gasteiger partial charge in [-0.05, 0) is 17.7 Å². The van der Waals surface area contributed by atoms with Crippen LogP contribution in [0.5, 0.6) is 0 Å².